The first-order chi connectivity index (χ1) is 8.49. The maximum absolute atomic E-state index is 12.0. The summed E-state index contributed by atoms with van der Waals surface area (Å²) in [5.74, 6) is -0.253. The van der Waals surface area contributed by atoms with Crippen molar-refractivity contribution in [1.82, 2.24) is 4.31 Å². The fourth-order valence-corrected chi connectivity index (χ4v) is 2.63. The highest BCUT2D eigenvalue weighted by Gasteiger charge is 2.21. The summed E-state index contributed by atoms with van der Waals surface area (Å²) in [6, 6.07) is 9.86. The molecule has 0 unspecified atom stereocenters. The number of hydrogen-bond donors (Lipinski definition) is 1. The van der Waals surface area contributed by atoms with Crippen LogP contribution < -0.4 is 5.73 Å². The second-order valence-electron chi connectivity index (χ2n) is 3.58. The van der Waals surface area contributed by atoms with Gasteiger partial charge in [0.1, 0.15) is 13.1 Å². The second kappa shape index (κ2) is 6.01. The van der Waals surface area contributed by atoms with Gasteiger partial charge in [0.05, 0.1) is 17.9 Å². The van der Waals surface area contributed by atoms with Crippen LogP contribution in [0.15, 0.2) is 24.3 Å². The molecule has 0 aliphatic heterocycles. The van der Waals surface area contributed by atoms with Crippen LogP contribution in [0.5, 0.6) is 0 Å². The van der Waals surface area contributed by atoms with Gasteiger partial charge in [0.2, 0.25) is 10.0 Å². The summed E-state index contributed by atoms with van der Waals surface area (Å²) >= 11 is 0. The van der Waals surface area contributed by atoms with Crippen molar-refractivity contribution in [3.8, 4) is 12.1 Å². The minimum absolute atomic E-state index is 0.253. The highest BCUT2D eigenvalue weighted by atomic mass is 32.2. The molecular formula is C11H12N4O2S. The third kappa shape index (κ3) is 3.74. The Morgan fingerprint density at radius 2 is 1.61 bits per heavy atom. The van der Waals surface area contributed by atoms with Gasteiger partial charge >= 0.3 is 0 Å². The number of hydrogen-bond acceptors (Lipinski definition) is 5. The number of nitrogens with two attached hydrogens (primary N) is 1. The van der Waals surface area contributed by atoms with Crippen LogP contribution in [-0.2, 0) is 15.8 Å². The van der Waals surface area contributed by atoms with E-state index in [1.165, 1.54) is 0 Å². The summed E-state index contributed by atoms with van der Waals surface area (Å²) < 4.78 is 24.8. The van der Waals surface area contributed by atoms with Gasteiger partial charge in [-0.25, -0.2) is 8.42 Å². The topological polar surface area (TPSA) is 111 Å². The lowest BCUT2D eigenvalue weighted by atomic mass is 10.2. The van der Waals surface area contributed by atoms with Crippen molar-refractivity contribution in [2.45, 2.75) is 5.75 Å². The van der Waals surface area contributed by atoms with Crippen molar-refractivity contribution in [3.63, 3.8) is 0 Å². The molecule has 1 aromatic carbocycles. The predicted octanol–water partition coefficient (Wildman–Crippen LogP) is 0.448. The molecule has 0 amide bonds. The number of nitrogens with zero attached hydrogens (tertiary/aromatic N) is 3. The monoisotopic (exact) mass is 264 g/mol. The van der Waals surface area contributed by atoms with Gasteiger partial charge in [0, 0.05) is 5.69 Å². The van der Waals surface area contributed by atoms with Gasteiger partial charge in [-0.05, 0) is 17.7 Å². The van der Waals surface area contributed by atoms with E-state index in [-0.39, 0.29) is 18.8 Å². The number of sulfonamides is 1. The molecule has 0 radical (unpaired) electrons. The van der Waals surface area contributed by atoms with Crippen LogP contribution in [0.1, 0.15) is 5.56 Å². The van der Waals surface area contributed by atoms with Gasteiger partial charge in [-0.3, -0.25) is 0 Å². The first-order valence-electron chi connectivity index (χ1n) is 5.05. The molecule has 0 aromatic heterocycles. The standard InChI is InChI=1S/C11H12N4O2S/c12-5-7-15(8-6-13)18(16,17)9-10-1-3-11(14)4-2-10/h1-4H,7-9,14H2. The average Bonchev–Trinajstić information content (AvgIpc) is 2.32. The fraction of sp³-hybridized carbons (Fsp3) is 0.273. The van der Waals surface area contributed by atoms with Crippen LogP contribution in [0.3, 0.4) is 0 Å². The van der Waals surface area contributed by atoms with Crippen LogP contribution in [0.2, 0.25) is 0 Å². The van der Waals surface area contributed by atoms with Crippen molar-refractivity contribution >= 4 is 15.7 Å². The zero-order valence-electron chi connectivity index (χ0n) is 9.57. The van der Waals surface area contributed by atoms with Crippen LogP contribution in [0.25, 0.3) is 0 Å². The molecule has 0 bridgehead atoms. The van der Waals surface area contributed by atoms with Gasteiger partial charge in [-0.15, -0.1) is 0 Å². The molecule has 94 valence electrons. The number of benzene rings is 1. The summed E-state index contributed by atoms with van der Waals surface area (Å²) in [7, 11) is -3.67. The van der Waals surface area contributed by atoms with E-state index in [4.69, 9.17) is 16.3 Å². The Labute approximate surface area is 106 Å². The number of nitriles is 2. The van der Waals surface area contributed by atoms with E-state index in [1.54, 1.807) is 36.4 Å². The summed E-state index contributed by atoms with van der Waals surface area (Å²) in [5.41, 5.74) is 6.60. The molecule has 1 aromatic rings. The van der Waals surface area contributed by atoms with Gasteiger partial charge in [-0.2, -0.15) is 14.8 Å². The van der Waals surface area contributed by atoms with Crippen LogP contribution in [0, 0.1) is 22.7 Å². The first-order valence-corrected chi connectivity index (χ1v) is 6.66. The quantitative estimate of drug-likeness (QED) is 0.613. The highest BCUT2D eigenvalue weighted by molar-refractivity contribution is 7.88. The number of anilines is 1. The van der Waals surface area contributed by atoms with E-state index in [9.17, 15) is 8.42 Å². The maximum Gasteiger partial charge on any atom is 0.220 e. The molecule has 0 saturated carbocycles. The third-order valence-electron chi connectivity index (χ3n) is 2.22. The maximum atomic E-state index is 12.0. The van der Waals surface area contributed by atoms with Crippen molar-refractivity contribution < 1.29 is 8.42 Å². The molecule has 0 spiro atoms. The Bertz CT molecular complexity index is 565. The largest absolute Gasteiger partial charge is 0.399 e. The Kier molecular flexibility index (Phi) is 4.67. The average molecular weight is 264 g/mol. The lowest BCUT2D eigenvalue weighted by Crippen LogP contribution is -2.32. The van der Waals surface area contributed by atoms with E-state index in [0.29, 0.717) is 11.3 Å². The van der Waals surface area contributed by atoms with E-state index in [1.807, 2.05) is 0 Å². The smallest absolute Gasteiger partial charge is 0.220 e. The van der Waals surface area contributed by atoms with Crippen molar-refractivity contribution in [2.75, 3.05) is 18.8 Å². The van der Waals surface area contributed by atoms with Crippen LogP contribution >= 0.6 is 0 Å². The normalized spacial score (nSPS) is 10.8. The van der Waals surface area contributed by atoms with Gasteiger partial charge in [-0.1, -0.05) is 12.1 Å². The SMILES string of the molecule is N#CCN(CC#N)S(=O)(=O)Cc1ccc(N)cc1. The minimum atomic E-state index is -3.67. The lowest BCUT2D eigenvalue weighted by molar-refractivity contribution is 0.478. The lowest BCUT2D eigenvalue weighted by Gasteiger charge is -2.15. The van der Waals surface area contributed by atoms with Crippen molar-refractivity contribution in [2.24, 2.45) is 0 Å². The molecule has 2 N–H and O–H groups in total. The molecule has 0 atom stereocenters. The van der Waals surface area contributed by atoms with Gasteiger partial charge < -0.3 is 5.73 Å². The molecular weight excluding hydrogens is 252 g/mol. The van der Waals surface area contributed by atoms with Crippen molar-refractivity contribution in [1.29, 1.82) is 10.5 Å². The summed E-state index contributed by atoms with van der Waals surface area (Å²) in [6.45, 7) is -0.657. The van der Waals surface area contributed by atoms with E-state index >= 15 is 0 Å². The van der Waals surface area contributed by atoms with Crippen LogP contribution in [0.4, 0.5) is 5.69 Å². The molecule has 0 aliphatic rings. The zero-order chi connectivity index (χ0) is 13.6. The molecule has 1 rings (SSSR count). The molecule has 18 heavy (non-hydrogen) atoms. The Morgan fingerprint density at radius 3 is 2.06 bits per heavy atom. The second-order valence-corrected chi connectivity index (χ2v) is 5.55. The zero-order valence-corrected chi connectivity index (χ0v) is 10.4. The van der Waals surface area contributed by atoms with Crippen molar-refractivity contribution in [3.05, 3.63) is 29.8 Å². The Balaban J connectivity index is 2.89. The molecule has 0 fully saturated rings. The highest BCUT2D eigenvalue weighted by Crippen LogP contribution is 2.12. The van der Waals surface area contributed by atoms with Crippen LogP contribution in [-0.4, -0.2) is 25.8 Å². The number of nitrogen functional groups attached to an aromatic ring is 1. The van der Waals surface area contributed by atoms with E-state index in [2.05, 4.69) is 0 Å². The first kappa shape index (κ1) is 14.0. The molecule has 0 saturated heterocycles. The Hall–Kier alpha value is -2.09. The molecule has 7 heteroatoms. The third-order valence-corrected chi connectivity index (χ3v) is 3.96. The summed E-state index contributed by atoms with van der Waals surface area (Å²) in [4.78, 5) is 0. The predicted molar refractivity (Wildman–Crippen MR) is 66.3 cm³/mol. The summed E-state index contributed by atoms with van der Waals surface area (Å²) in [5, 5.41) is 17.1. The molecule has 0 aliphatic carbocycles. The molecule has 6 nitrogen and oxygen atoms in total. The Morgan fingerprint density at radius 1 is 1.11 bits per heavy atom. The van der Waals surface area contributed by atoms with Gasteiger partial charge in [0.25, 0.3) is 0 Å². The summed E-state index contributed by atoms with van der Waals surface area (Å²) in [6.07, 6.45) is 0. The minimum Gasteiger partial charge on any atom is -0.399 e. The fourth-order valence-electron chi connectivity index (χ4n) is 1.33. The van der Waals surface area contributed by atoms with E-state index < -0.39 is 10.0 Å². The number of rotatable bonds is 5. The van der Waals surface area contributed by atoms with E-state index in [0.717, 1.165) is 4.31 Å². The molecule has 0 heterocycles. The van der Waals surface area contributed by atoms with Gasteiger partial charge in [0.15, 0.2) is 0 Å².